The highest BCUT2D eigenvalue weighted by atomic mass is 16.7. The Balaban J connectivity index is 1.48. The molecule has 12 nitrogen and oxygen atoms in total. The molecule has 2 saturated heterocycles. The molecule has 0 aromatic heterocycles. The predicted octanol–water partition coefficient (Wildman–Crippen LogP) is -0.723. The van der Waals surface area contributed by atoms with E-state index in [1.807, 2.05) is 6.07 Å². The molecule has 38 heavy (non-hydrogen) atoms. The van der Waals surface area contributed by atoms with E-state index < -0.39 is 54.8 Å². The number of rotatable bonds is 9. The van der Waals surface area contributed by atoms with Gasteiger partial charge in [-0.2, -0.15) is 0 Å². The van der Waals surface area contributed by atoms with E-state index >= 15 is 0 Å². The van der Waals surface area contributed by atoms with Crippen LogP contribution in [0, 0.1) is 5.92 Å². The van der Waals surface area contributed by atoms with Crippen LogP contribution in [0.2, 0.25) is 0 Å². The average Bonchev–Trinajstić information content (AvgIpc) is 3.18. The highest BCUT2D eigenvalue weighted by Gasteiger charge is 2.51. The van der Waals surface area contributed by atoms with Crippen molar-refractivity contribution in [2.45, 2.75) is 49.1 Å². The molecule has 7 atom stereocenters. The Morgan fingerprint density at radius 2 is 1.63 bits per heavy atom. The number of carbonyl (C=O) groups excluding carboxylic acids is 1. The fourth-order valence-electron chi connectivity index (χ4n) is 4.72. The summed E-state index contributed by atoms with van der Waals surface area (Å²) in [5.74, 6) is -0.804. The summed E-state index contributed by atoms with van der Waals surface area (Å²) in [6, 6.07) is 9.45. The Morgan fingerprint density at radius 3 is 2.29 bits per heavy atom. The zero-order chi connectivity index (χ0) is 27.6. The number of cyclic esters (lactones) is 1. The van der Waals surface area contributed by atoms with Crippen molar-refractivity contribution in [2.24, 2.45) is 5.92 Å². The number of aliphatic hydroxyl groups excluding tert-OH is 4. The molecule has 2 fully saturated rings. The molecule has 2 aliphatic rings. The van der Waals surface area contributed by atoms with Crippen LogP contribution in [0.25, 0.3) is 0 Å². The lowest BCUT2D eigenvalue weighted by Gasteiger charge is -2.39. The quantitative estimate of drug-likeness (QED) is 0.221. The summed E-state index contributed by atoms with van der Waals surface area (Å²) < 4.78 is 26.6. The zero-order valence-electron chi connectivity index (χ0n) is 20.9. The van der Waals surface area contributed by atoms with Crippen LogP contribution in [0.15, 0.2) is 36.4 Å². The molecule has 0 spiro atoms. The maximum atomic E-state index is 12.6. The summed E-state index contributed by atoms with van der Waals surface area (Å²) in [5, 5.41) is 61.2. The van der Waals surface area contributed by atoms with Crippen molar-refractivity contribution >= 4 is 5.97 Å². The Kier molecular flexibility index (Phi) is 8.31. The summed E-state index contributed by atoms with van der Waals surface area (Å²) in [4.78, 5) is 12.6. The fraction of sp³-hybridized carbons (Fsp3) is 0.500. The second-order valence-electron chi connectivity index (χ2n) is 9.41. The lowest BCUT2D eigenvalue weighted by molar-refractivity contribution is -0.277. The van der Waals surface area contributed by atoms with E-state index in [0.717, 1.165) is 5.56 Å². The lowest BCUT2D eigenvalue weighted by atomic mass is 9.81. The number of hydrogen-bond donors (Lipinski definition) is 6. The number of aromatic hydroxyl groups is 1. The van der Waals surface area contributed by atoms with Crippen LogP contribution in [-0.4, -0.2) is 100 Å². The zero-order valence-corrected chi connectivity index (χ0v) is 20.9. The average molecular weight is 537 g/mol. The van der Waals surface area contributed by atoms with Crippen LogP contribution in [0.5, 0.6) is 23.0 Å². The van der Waals surface area contributed by atoms with E-state index in [0.29, 0.717) is 23.5 Å². The first-order chi connectivity index (χ1) is 18.1. The summed E-state index contributed by atoms with van der Waals surface area (Å²) >= 11 is 0. The number of carbonyl (C=O) groups is 1. The fourth-order valence-corrected chi connectivity index (χ4v) is 4.72. The number of aliphatic hydroxyl groups is 5. The molecule has 0 radical (unpaired) electrons. The number of hydrogen-bond acceptors (Lipinski definition) is 12. The number of methoxy groups -OCH3 is 2. The van der Waals surface area contributed by atoms with E-state index in [2.05, 4.69) is 0 Å². The normalized spacial score (nSPS) is 31.1. The van der Waals surface area contributed by atoms with Crippen LogP contribution in [-0.2, 0) is 27.1 Å². The molecule has 0 bridgehead atoms. The highest BCUT2D eigenvalue weighted by Crippen LogP contribution is 2.37. The molecular weight excluding hydrogens is 504 g/mol. The third-order valence-electron chi connectivity index (χ3n) is 6.96. The molecule has 0 unspecified atom stereocenters. The molecule has 0 amide bonds. The van der Waals surface area contributed by atoms with E-state index in [1.165, 1.54) is 32.4 Å². The molecular formula is C26H32O12. The molecule has 2 aromatic rings. The molecule has 208 valence electrons. The molecule has 0 aliphatic carbocycles. The van der Waals surface area contributed by atoms with Crippen LogP contribution in [0.4, 0.5) is 0 Å². The monoisotopic (exact) mass is 536 g/mol. The Morgan fingerprint density at radius 1 is 0.947 bits per heavy atom. The van der Waals surface area contributed by atoms with Gasteiger partial charge >= 0.3 is 5.97 Å². The Labute approximate surface area is 218 Å². The first-order valence-electron chi connectivity index (χ1n) is 12.0. The van der Waals surface area contributed by atoms with Crippen LogP contribution in [0.3, 0.4) is 0 Å². The van der Waals surface area contributed by atoms with Crippen molar-refractivity contribution in [3.8, 4) is 23.0 Å². The van der Waals surface area contributed by atoms with E-state index in [-0.39, 0.29) is 24.5 Å². The van der Waals surface area contributed by atoms with E-state index in [9.17, 15) is 35.4 Å². The molecule has 0 saturated carbocycles. The standard InChI is InChI=1S/C26H32O12/c1-34-18-6-3-13(9-19(18)35-2)7-15-12-36-25(32)26(15,33)10-14-4-5-17(16(28)8-14)37-24-23(31)22(30)21(29)20(11-27)38-24/h3-6,8-9,15,20-24,27-31,33H,7,10-12H2,1-2H3/t15-,20+,21+,22-,23+,24+,26-/m0/s1. The number of phenolic OH excluding ortho intramolecular Hbond substituents is 1. The highest BCUT2D eigenvalue weighted by molar-refractivity contribution is 5.82. The smallest absolute Gasteiger partial charge is 0.338 e. The SMILES string of the molecule is COc1ccc(C[C@H]2COC(=O)[C@]2(O)Cc2ccc(O[C@@H]3O[C@H](CO)[C@@H](O)[C@H](O)[C@H]3O)c(O)c2)cc1OC. The summed E-state index contributed by atoms with van der Waals surface area (Å²) in [7, 11) is 3.03. The van der Waals surface area contributed by atoms with E-state index in [1.54, 1.807) is 12.1 Å². The van der Waals surface area contributed by atoms with Crippen molar-refractivity contribution < 1.29 is 59.1 Å². The Hall–Kier alpha value is -3.13. The molecule has 2 aromatic carbocycles. The largest absolute Gasteiger partial charge is 0.504 e. The van der Waals surface area contributed by atoms with Gasteiger partial charge in [-0.15, -0.1) is 0 Å². The van der Waals surface area contributed by atoms with Gasteiger partial charge in [0.2, 0.25) is 6.29 Å². The van der Waals surface area contributed by atoms with Gasteiger partial charge in [0.25, 0.3) is 0 Å². The van der Waals surface area contributed by atoms with Gasteiger partial charge in [0.15, 0.2) is 28.6 Å². The molecule has 2 aliphatic heterocycles. The predicted molar refractivity (Wildman–Crippen MR) is 129 cm³/mol. The van der Waals surface area contributed by atoms with Gasteiger partial charge in [-0.3, -0.25) is 0 Å². The maximum Gasteiger partial charge on any atom is 0.338 e. The number of ether oxygens (including phenoxy) is 5. The second kappa shape index (κ2) is 11.3. The molecule has 12 heteroatoms. The Bertz CT molecular complexity index is 1140. The number of esters is 1. The van der Waals surface area contributed by atoms with Crippen molar-refractivity contribution in [3.63, 3.8) is 0 Å². The maximum absolute atomic E-state index is 12.6. The minimum Gasteiger partial charge on any atom is -0.504 e. The summed E-state index contributed by atoms with van der Waals surface area (Å²) in [5.41, 5.74) is -0.656. The minimum atomic E-state index is -1.86. The topological polar surface area (TPSA) is 185 Å². The second-order valence-corrected chi connectivity index (χ2v) is 9.41. The molecule has 2 heterocycles. The van der Waals surface area contributed by atoms with Gasteiger partial charge in [0.05, 0.1) is 27.4 Å². The van der Waals surface area contributed by atoms with Gasteiger partial charge in [0.1, 0.15) is 24.4 Å². The summed E-state index contributed by atoms with van der Waals surface area (Å²) in [6.45, 7) is -0.622. The van der Waals surface area contributed by atoms with Crippen molar-refractivity contribution in [3.05, 3.63) is 47.5 Å². The summed E-state index contributed by atoms with van der Waals surface area (Å²) in [6.07, 6.45) is -7.35. The number of benzene rings is 2. The third kappa shape index (κ3) is 5.37. The van der Waals surface area contributed by atoms with Crippen LogP contribution < -0.4 is 14.2 Å². The van der Waals surface area contributed by atoms with Gasteiger partial charge in [-0.25, -0.2) is 4.79 Å². The molecule has 4 rings (SSSR count). The van der Waals surface area contributed by atoms with Gasteiger partial charge in [0, 0.05) is 12.3 Å². The van der Waals surface area contributed by atoms with Crippen LogP contribution >= 0.6 is 0 Å². The minimum absolute atomic E-state index is 0.00790. The van der Waals surface area contributed by atoms with Gasteiger partial charge in [-0.05, 0) is 41.8 Å². The van der Waals surface area contributed by atoms with Crippen LogP contribution in [0.1, 0.15) is 11.1 Å². The first kappa shape index (κ1) is 27.9. The number of phenols is 1. The third-order valence-corrected chi connectivity index (χ3v) is 6.96. The van der Waals surface area contributed by atoms with Crippen molar-refractivity contribution in [1.29, 1.82) is 0 Å². The lowest BCUT2D eigenvalue weighted by Crippen LogP contribution is -2.60. The first-order valence-corrected chi connectivity index (χ1v) is 12.0. The van der Waals surface area contributed by atoms with Gasteiger partial charge in [-0.1, -0.05) is 12.1 Å². The van der Waals surface area contributed by atoms with Crippen molar-refractivity contribution in [1.82, 2.24) is 0 Å². The van der Waals surface area contributed by atoms with E-state index in [4.69, 9.17) is 23.7 Å². The van der Waals surface area contributed by atoms with Crippen molar-refractivity contribution in [2.75, 3.05) is 27.4 Å². The molecule has 6 N–H and O–H groups in total. The van der Waals surface area contributed by atoms with Gasteiger partial charge < -0.3 is 54.3 Å².